The molecule has 0 amide bonds. The number of nitrogens with one attached hydrogen (secondary N) is 1. The molecule has 0 radical (unpaired) electrons. The normalized spacial score (nSPS) is 15.1. The van der Waals surface area contributed by atoms with Crippen LogP contribution in [0, 0.1) is 0 Å². The molecule has 0 atom stereocenters. The van der Waals surface area contributed by atoms with Crippen LogP contribution in [0.25, 0.3) is 0 Å². The molecule has 0 saturated carbocycles. The van der Waals surface area contributed by atoms with Gasteiger partial charge in [0.25, 0.3) is 0 Å². The fraction of sp³-hybridized carbons (Fsp3) is 0.273. The lowest BCUT2D eigenvalue weighted by atomic mass is 10.1. The Morgan fingerprint density at radius 2 is 2.27 bits per heavy atom. The van der Waals surface area contributed by atoms with E-state index in [0.29, 0.717) is 6.54 Å². The quantitative estimate of drug-likeness (QED) is 0.628. The molecular formula is C11H16N4. The zero-order chi connectivity index (χ0) is 10.8. The van der Waals surface area contributed by atoms with Crippen molar-refractivity contribution in [2.75, 3.05) is 17.3 Å². The summed E-state index contributed by atoms with van der Waals surface area (Å²) < 4.78 is 0. The highest BCUT2D eigenvalue weighted by molar-refractivity contribution is 5.60. The summed E-state index contributed by atoms with van der Waals surface area (Å²) in [7, 11) is 0. The second kappa shape index (κ2) is 3.82. The number of nitrogens with zero attached hydrogens (tertiary/aromatic N) is 1. The molecule has 0 unspecified atom stereocenters. The lowest BCUT2D eigenvalue weighted by Crippen LogP contribution is -2.20. The molecule has 0 bridgehead atoms. The molecule has 0 saturated heterocycles. The summed E-state index contributed by atoms with van der Waals surface area (Å²) >= 11 is 0. The summed E-state index contributed by atoms with van der Waals surface area (Å²) in [5.74, 6) is 0. The zero-order valence-electron chi connectivity index (χ0n) is 8.83. The minimum atomic E-state index is 0.476. The number of rotatable bonds is 2. The monoisotopic (exact) mass is 204 g/mol. The molecule has 5 N–H and O–H groups in total. The first-order valence-corrected chi connectivity index (χ1v) is 4.98. The van der Waals surface area contributed by atoms with Gasteiger partial charge in [-0.05, 0) is 30.7 Å². The van der Waals surface area contributed by atoms with Crippen molar-refractivity contribution in [3.8, 4) is 0 Å². The Bertz CT molecular complexity index is 398. The number of allylic oxidation sites excluding steroid dienone is 1. The Morgan fingerprint density at radius 3 is 2.87 bits per heavy atom. The predicted octanol–water partition coefficient (Wildman–Crippen LogP) is 0.956. The number of hydrogen-bond donors (Lipinski definition) is 3. The lowest BCUT2D eigenvalue weighted by molar-refractivity contribution is 0.864. The van der Waals surface area contributed by atoms with Gasteiger partial charge in [-0.1, -0.05) is 0 Å². The molecule has 4 heteroatoms. The minimum Gasteiger partial charge on any atom is -0.398 e. The third-order valence-electron chi connectivity index (χ3n) is 2.56. The first-order chi connectivity index (χ1) is 7.20. The van der Waals surface area contributed by atoms with Crippen LogP contribution in [-0.2, 0) is 6.54 Å². The topological polar surface area (TPSA) is 67.3 Å². The van der Waals surface area contributed by atoms with Gasteiger partial charge >= 0.3 is 0 Å². The van der Waals surface area contributed by atoms with Gasteiger partial charge < -0.3 is 21.7 Å². The van der Waals surface area contributed by atoms with Crippen molar-refractivity contribution in [1.82, 2.24) is 5.32 Å². The number of nitrogens with two attached hydrogens (primary N) is 2. The number of benzene rings is 1. The average Bonchev–Trinajstić information content (AvgIpc) is 2.66. The lowest BCUT2D eigenvalue weighted by Gasteiger charge is -2.16. The van der Waals surface area contributed by atoms with Crippen molar-refractivity contribution < 1.29 is 0 Å². The Hall–Kier alpha value is -1.68. The molecule has 1 heterocycles. The van der Waals surface area contributed by atoms with Gasteiger partial charge in [-0.15, -0.1) is 0 Å². The van der Waals surface area contributed by atoms with Crippen LogP contribution in [0.3, 0.4) is 0 Å². The van der Waals surface area contributed by atoms with Crippen LogP contribution in [0.4, 0.5) is 11.4 Å². The molecule has 15 heavy (non-hydrogen) atoms. The number of nitrogen functional groups attached to an aromatic ring is 1. The van der Waals surface area contributed by atoms with Gasteiger partial charge in [-0.25, -0.2) is 0 Å². The van der Waals surface area contributed by atoms with E-state index >= 15 is 0 Å². The summed E-state index contributed by atoms with van der Waals surface area (Å²) in [6, 6.07) is 5.94. The van der Waals surface area contributed by atoms with E-state index in [2.05, 4.69) is 16.4 Å². The van der Waals surface area contributed by atoms with E-state index in [4.69, 9.17) is 11.5 Å². The van der Waals surface area contributed by atoms with Crippen molar-refractivity contribution in [2.45, 2.75) is 13.5 Å². The van der Waals surface area contributed by atoms with Crippen LogP contribution in [0.5, 0.6) is 0 Å². The van der Waals surface area contributed by atoms with E-state index in [1.165, 1.54) is 5.70 Å². The SMILES string of the molecule is CC1=CN(c2ccc(N)c(CN)c2)CN1. The van der Waals surface area contributed by atoms with E-state index in [9.17, 15) is 0 Å². The van der Waals surface area contributed by atoms with Gasteiger partial charge in [0.2, 0.25) is 0 Å². The molecule has 1 aromatic carbocycles. The van der Waals surface area contributed by atoms with E-state index < -0.39 is 0 Å². The predicted molar refractivity (Wildman–Crippen MR) is 63.0 cm³/mol. The first kappa shape index (κ1) is 9.86. The summed E-state index contributed by atoms with van der Waals surface area (Å²) in [5, 5.41) is 3.24. The van der Waals surface area contributed by atoms with Gasteiger partial charge in [-0.3, -0.25) is 0 Å². The fourth-order valence-corrected chi connectivity index (χ4v) is 1.65. The van der Waals surface area contributed by atoms with Crippen LogP contribution >= 0.6 is 0 Å². The maximum Gasteiger partial charge on any atom is 0.0918 e. The summed E-state index contributed by atoms with van der Waals surface area (Å²) in [5.41, 5.74) is 15.4. The van der Waals surface area contributed by atoms with Gasteiger partial charge in [0, 0.05) is 29.8 Å². The summed E-state index contributed by atoms with van der Waals surface area (Å²) in [6.45, 7) is 3.32. The smallest absolute Gasteiger partial charge is 0.0918 e. The zero-order valence-corrected chi connectivity index (χ0v) is 8.83. The molecule has 0 spiro atoms. The molecule has 80 valence electrons. The molecule has 0 fully saturated rings. The highest BCUT2D eigenvalue weighted by Crippen LogP contribution is 2.22. The van der Waals surface area contributed by atoms with Crippen molar-refractivity contribution in [2.24, 2.45) is 5.73 Å². The molecular weight excluding hydrogens is 188 g/mol. The van der Waals surface area contributed by atoms with Crippen LogP contribution in [0.15, 0.2) is 30.1 Å². The van der Waals surface area contributed by atoms with Gasteiger partial charge in [-0.2, -0.15) is 0 Å². The third kappa shape index (κ3) is 1.89. The molecule has 1 aromatic rings. The Morgan fingerprint density at radius 1 is 1.47 bits per heavy atom. The minimum absolute atomic E-state index is 0.476. The summed E-state index contributed by atoms with van der Waals surface area (Å²) in [6.07, 6.45) is 2.08. The van der Waals surface area contributed by atoms with Gasteiger partial charge in [0.1, 0.15) is 0 Å². The number of hydrogen-bond acceptors (Lipinski definition) is 4. The molecule has 1 aliphatic heterocycles. The second-order valence-electron chi connectivity index (χ2n) is 3.70. The van der Waals surface area contributed by atoms with Gasteiger partial charge in [0.15, 0.2) is 0 Å². The Balaban J connectivity index is 2.29. The molecule has 2 rings (SSSR count). The van der Waals surface area contributed by atoms with Crippen molar-refractivity contribution in [3.05, 3.63) is 35.7 Å². The standard InChI is InChI=1S/C11H16N4/c1-8-6-15(7-14-8)10-2-3-11(13)9(4-10)5-12/h2-4,6,14H,5,7,12-13H2,1H3. The molecule has 4 nitrogen and oxygen atoms in total. The molecule has 0 aliphatic carbocycles. The summed E-state index contributed by atoms with van der Waals surface area (Å²) in [4.78, 5) is 2.13. The largest absolute Gasteiger partial charge is 0.398 e. The van der Waals surface area contributed by atoms with Crippen LogP contribution in [0.2, 0.25) is 0 Å². The fourth-order valence-electron chi connectivity index (χ4n) is 1.65. The highest BCUT2D eigenvalue weighted by Gasteiger charge is 2.10. The third-order valence-corrected chi connectivity index (χ3v) is 2.56. The van der Waals surface area contributed by atoms with Crippen LogP contribution in [0.1, 0.15) is 12.5 Å². The maximum absolute atomic E-state index is 5.80. The maximum atomic E-state index is 5.80. The van der Waals surface area contributed by atoms with Crippen molar-refractivity contribution >= 4 is 11.4 Å². The van der Waals surface area contributed by atoms with Crippen LogP contribution < -0.4 is 21.7 Å². The van der Waals surface area contributed by atoms with E-state index in [0.717, 1.165) is 23.6 Å². The van der Waals surface area contributed by atoms with E-state index in [1.807, 2.05) is 25.1 Å². The van der Waals surface area contributed by atoms with Crippen molar-refractivity contribution in [3.63, 3.8) is 0 Å². The molecule has 0 aromatic heterocycles. The Labute approximate surface area is 89.6 Å². The van der Waals surface area contributed by atoms with Crippen molar-refractivity contribution in [1.29, 1.82) is 0 Å². The van der Waals surface area contributed by atoms with Crippen LogP contribution in [-0.4, -0.2) is 6.67 Å². The van der Waals surface area contributed by atoms with E-state index in [1.54, 1.807) is 0 Å². The Kier molecular flexibility index (Phi) is 2.51. The highest BCUT2D eigenvalue weighted by atomic mass is 15.3. The second-order valence-corrected chi connectivity index (χ2v) is 3.70. The van der Waals surface area contributed by atoms with Gasteiger partial charge in [0.05, 0.1) is 6.67 Å². The van der Waals surface area contributed by atoms with E-state index in [-0.39, 0.29) is 0 Å². The number of anilines is 2. The average molecular weight is 204 g/mol. The first-order valence-electron chi connectivity index (χ1n) is 4.98. The molecule has 1 aliphatic rings.